The Labute approximate surface area is 153 Å². The molecule has 5 nitrogen and oxygen atoms in total. The monoisotopic (exact) mass is 352 g/mol. The number of piperidine rings is 1. The third kappa shape index (κ3) is 2.09. The molecular weight excluding hydrogens is 328 g/mol. The molecule has 0 aromatic heterocycles. The normalized spacial score (nSPS) is 40.0. The molecule has 1 aromatic carbocycles. The molecule has 5 heteroatoms. The molecule has 2 atom stereocenters. The number of ether oxygens (including phenoxy) is 1. The highest BCUT2D eigenvalue weighted by atomic mass is 16.6. The molecule has 26 heavy (non-hydrogen) atoms. The molecule has 2 saturated heterocycles. The van der Waals surface area contributed by atoms with Crippen molar-refractivity contribution in [3.63, 3.8) is 0 Å². The van der Waals surface area contributed by atoms with E-state index < -0.39 is 0 Å². The van der Waals surface area contributed by atoms with E-state index in [0.717, 1.165) is 31.8 Å². The van der Waals surface area contributed by atoms with Gasteiger partial charge in [-0.25, -0.2) is 4.79 Å². The summed E-state index contributed by atoms with van der Waals surface area (Å²) in [6.45, 7) is 2.18. The highest BCUT2D eigenvalue weighted by Crippen LogP contribution is 2.59. The van der Waals surface area contributed by atoms with Gasteiger partial charge in [0.2, 0.25) is 5.91 Å². The van der Waals surface area contributed by atoms with Gasteiger partial charge in [0.05, 0.1) is 5.54 Å². The summed E-state index contributed by atoms with van der Waals surface area (Å²) in [4.78, 5) is 26.3. The lowest BCUT2D eigenvalue weighted by molar-refractivity contribution is -0.140. The molecule has 3 aliphatic carbocycles. The highest BCUT2D eigenvalue weighted by molar-refractivity contribution is 5.82. The first kappa shape index (κ1) is 15.1. The Kier molecular flexibility index (Phi) is 2.79. The van der Waals surface area contributed by atoms with Gasteiger partial charge in [-0.1, -0.05) is 24.3 Å². The van der Waals surface area contributed by atoms with Crippen LogP contribution in [0, 0.1) is 11.8 Å². The average Bonchev–Trinajstić information content (AvgIpc) is 3.52. The van der Waals surface area contributed by atoms with Crippen molar-refractivity contribution in [1.82, 2.24) is 10.2 Å². The number of carbonyl (C=O) groups excluding carboxylic acids is 2. The van der Waals surface area contributed by atoms with Crippen molar-refractivity contribution >= 4 is 12.0 Å². The SMILES string of the molecule is O=C1N[C@]2(CO1)C[C@H](C(=O)N1CC3CC3(c3ccc(C4CC4)cc3)C1)C2. The summed E-state index contributed by atoms with van der Waals surface area (Å²) in [6, 6.07) is 9.23. The predicted octanol–water partition coefficient (Wildman–Crippen LogP) is 2.55. The second kappa shape index (κ2) is 4.81. The van der Waals surface area contributed by atoms with E-state index in [2.05, 4.69) is 34.5 Å². The Morgan fingerprint density at radius 3 is 2.58 bits per heavy atom. The number of hydrogen-bond donors (Lipinski definition) is 1. The lowest BCUT2D eigenvalue weighted by Gasteiger charge is -2.43. The first-order chi connectivity index (χ1) is 12.6. The quantitative estimate of drug-likeness (QED) is 0.909. The van der Waals surface area contributed by atoms with Crippen LogP contribution in [-0.2, 0) is 14.9 Å². The molecule has 0 radical (unpaired) electrons. The molecule has 6 rings (SSSR count). The van der Waals surface area contributed by atoms with E-state index in [0.29, 0.717) is 12.5 Å². The number of alkyl carbamates (subject to hydrolysis) is 1. The van der Waals surface area contributed by atoms with Gasteiger partial charge in [0.1, 0.15) is 6.61 Å². The third-order valence-corrected chi connectivity index (χ3v) is 7.46. The van der Waals surface area contributed by atoms with E-state index in [1.807, 2.05) is 0 Å². The van der Waals surface area contributed by atoms with Gasteiger partial charge in [0, 0.05) is 24.4 Å². The standard InChI is InChI=1S/C21H24N2O3/c24-18(15-7-20(8-15)12-26-19(25)22-20)23-10-17-9-21(17,11-23)16-5-3-14(4-6-16)13-1-2-13/h3-6,13,15,17H,1-2,7-12H2,(H,22,25)/t15-,17?,20+,21?. The van der Waals surface area contributed by atoms with Gasteiger partial charge in [-0.2, -0.15) is 0 Å². The first-order valence-corrected chi connectivity index (χ1v) is 9.91. The number of amides is 2. The molecule has 0 bridgehead atoms. The number of nitrogens with zero attached hydrogens (tertiary/aromatic N) is 1. The van der Waals surface area contributed by atoms with E-state index in [1.54, 1.807) is 0 Å². The summed E-state index contributed by atoms with van der Waals surface area (Å²) in [5.74, 6) is 1.74. The molecular formula is C21H24N2O3. The fourth-order valence-corrected chi connectivity index (χ4v) is 5.63. The number of hydrogen-bond acceptors (Lipinski definition) is 3. The van der Waals surface area contributed by atoms with E-state index in [4.69, 9.17) is 4.74 Å². The Morgan fingerprint density at radius 1 is 1.15 bits per heavy atom. The van der Waals surface area contributed by atoms with Crippen LogP contribution in [0.3, 0.4) is 0 Å². The van der Waals surface area contributed by atoms with Crippen molar-refractivity contribution in [2.45, 2.75) is 49.0 Å². The second-order valence-electron chi connectivity index (χ2n) is 9.26. The minimum atomic E-state index is -0.341. The molecule has 2 aliphatic heterocycles. The van der Waals surface area contributed by atoms with Crippen LogP contribution in [0.2, 0.25) is 0 Å². The summed E-state index contributed by atoms with van der Waals surface area (Å²) in [5, 5.41) is 2.88. The summed E-state index contributed by atoms with van der Waals surface area (Å²) < 4.78 is 5.02. The minimum absolute atomic E-state index is 0.0452. The fraction of sp³-hybridized carbons (Fsp3) is 0.619. The van der Waals surface area contributed by atoms with E-state index >= 15 is 0 Å². The van der Waals surface area contributed by atoms with Crippen LogP contribution < -0.4 is 5.32 Å². The largest absolute Gasteiger partial charge is 0.447 e. The predicted molar refractivity (Wildman–Crippen MR) is 94.7 cm³/mol. The molecule has 5 fully saturated rings. The summed E-state index contributed by atoms with van der Waals surface area (Å²) in [6.07, 6.45) is 5.00. The zero-order valence-corrected chi connectivity index (χ0v) is 14.9. The van der Waals surface area contributed by atoms with Crippen LogP contribution in [0.1, 0.15) is 49.1 Å². The van der Waals surface area contributed by atoms with E-state index in [9.17, 15) is 9.59 Å². The molecule has 3 saturated carbocycles. The van der Waals surface area contributed by atoms with Crippen molar-refractivity contribution in [3.8, 4) is 0 Å². The van der Waals surface area contributed by atoms with Crippen molar-refractivity contribution in [2.24, 2.45) is 11.8 Å². The van der Waals surface area contributed by atoms with Gasteiger partial charge in [-0.3, -0.25) is 4.79 Å². The number of fused-ring (bicyclic) bond motifs is 1. The van der Waals surface area contributed by atoms with Crippen LogP contribution in [0.5, 0.6) is 0 Å². The van der Waals surface area contributed by atoms with Gasteiger partial charge in [-0.15, -0.1) is 0 Å². The summed E-state index contributed by atoms with van der Waals surface area (Å²) >= 11 is 0. The van der Waals surface area contributed by atoms with Gasteiger partial charge < -0.3 is 15.0 Å². The number of benzene rings is 1. The number of nitrogens with one attached hydrogen (secondary N) is 1. The second-order valence-corrected chi connectivity index (χ2v) is 9.26. The van der Waals surface area contributed by atoms with Crippen molar-refractivity contribution in [2.75, 3.05) is 19.7 Å². The molecule has 1 spiro atoms. The number of carbonyl (C=O) groups is 2. The number of rotatable bonds is 3. The third-order valence-electron chi connectivity index (χ3n) is 7.46. The number of cyclic esters (lactones) is 1. The van der Waals surface area contributed by atoms with E-state index in [-0.39, 0.29) is 28.9 Å². The Hall–Kier alpha value is -2.04. The summed E-state index contributed by atoms with van der Waals surface area (Å²) in [7, 11) is 0. The van der Waals surface area contributed by atoms with Gasteiger partial charge in [-0.05, 0) is 55.1 Å². The highest BCUT2D eigenvalue weighted by Gasteiger charge is 2.63. The molecule has 2 unspecified atom stereocenters. The lowest BCUT2D eigenvalue weighted by Crippen LogP contribution is -2.58. The van der Waals surface area contributed by atoms with E-state index in [1.165, 1.54) is 30.4 Å². The Morgan fingerprint density at radius 2 is 1.92 bits per heavy atom. The van der Waals surface area contributed by atoms with Gasteiger partial charge in [0.15, 0.2) is 0 Å². The maximum absolute atomic E-state index is 12.9. The van der Waals surface area contributed by atoms with Crippen LogP contribution in [0.25, 0.3) is 0 Å². The van der Waals surface area contributed by atoms with Crippen molar-refractivity contribution < 1.29 is 14.3 Å². The molecule has 5 aliphatic rings. The first-order valence-electron chi connectivity index (χ1n) is 9.91. The maximum Gasteiger partial charge on any atom is 0.407 e. The zero-order chi connectivity index (χ0) is 17.5. The van der Waals surface area contributed by atoms with Crippen molar-refractivity contribution in [1.29, 1.82) is 0 Å². The smallest absolute Gasteiger partial charge is 0.407 e. The molecule has 1 N–H and O–H groups in total. The van der Waals surface area contributed by atoms with Gasteiger partial charge >= 0.3 is 6.09 Å². The Bertz CT molecular complexity index is 794. The zero-order valence-electron chi connectivity index (χ0n) is 14.9. The van der Waals surface area contributed by atoms with Crippen LogP contribution in [0.15, 0.2) is 24.3 Å². The summed E-state index contributed by atoms with van der Waals surface area (Å²) in [5.41, 5.74) is 2.85. The lowest BCUT2D eigenvalue weighted by atomic mass is 9.68. The minimum Gasteiger partial charge on any atom is -0.447 e. The Balaban J connectivity index is 1.12. The molecule has 2 heterocycles. The average molecular weight is 352 g/mol. The van der Waals surface area contributed by atoms with Gasteiger partial charge in [0.25, 0.3) is 0 Å². The van der Waals surface area contributed by atoms with Crippen molar-refractivity contribution in [3.05, 3.63) is 35.4 Å². The molecule has 2 amide bonds. The topological polar surface area (TPSA) is 58.6 Å². The molecule has 136 valence electrons. The van der Waals surface area contributed by atoms with Crippen LogP contribution in [-0.4, -0.2) is 42.1 Å². The molecule has 1 aromatic rings. The maximum atomic E-state index is 12.9. The van der Waals surface area contributed by atoms with Crippen LogP contribution >= 0.6 is 0 Å². The number of likely N-dealkylation sites (tertiary alicyclic amines) is 1. The fourth-order valence-electron chi connectivity index (χ4n) is 5.63. The van der Waals surface area contributed by atoms with Crippen LogP contribution in [0.4, 0.5) is 4.79 Å².